The van der Waals surface area contributed by atoms with Gasteiger partial charge < -0.3 is 5.32 Å². The molecule has 0 aliphatic carbocycles. The van der Waals surface area contributed by atoms with E-state index in [-0.39, 0.29) is 0 Å². The minimum atomic E-state index is 0.498. The molecule has 0 spiro atoms. The van der Waals surface area contributed by atoms with E-state index in [0.717, 1.165) is 28.8 Å². The van der Waals surface area contributed by atoms with Gasteiger partial charge in [0.2, 0.25) is 0 Å². The highest BCUT2D eigenvalue weighted by atomic mass is 79.9. The first-order chi connectivity index (χ1) is 6.63. The first-order valence-corrected chi connectivity index (χ1v) is 5.96. The Morgan fingerprint density at radius 3 is 2.93 bits per heavy atom. The van der Waals surface area contributed by atoms with E-state index in [9.17, 15) is 0 Å². The summed E-state index contributed by atoms with van der Waals surface area (Å²) in [5, 5.41) is 8.06. The number of hydrogen-bond donors (Lipinski definition) is 1. The largest absolute Gasteiger partial charge is 0.367 e. The summed E-state index contributed by atoms with van der Waals surface area (Å²) in [6.45, 7) is 6.57. The van der Waals surface area contributed by atoms with Gasteiger partial charge in [0.25, 0.3) is 0 Å². The summed E-state index contributed by atoms with van der Waals surface area (Å²) in [5.41, 5.74) is 1.15. The second-order valence-corrected chi connectivity index (χ2v) is 4.83. The van der Waals surface area contributed by atoms with Crippen molar-refractivity contribution in [1.82, 2.24) is 9.78 Å². The number of fused-ring (bicyclic) bond motifs is 1. The van der Waals surface area contributed by atoms with Crippen LogP contribution >= 0.6 is 15.9 Å². The van der Waals surface area contributed by atoms with Gasteiger partial charge in [-0.2, -0.15) is 5.10 Å². The van der Waals surface area contributed by atoms with E-state index in [2.05, 4.69) is 51.8 Å². The molecule has 14 heavy (non-hydrogen) atoms. The molecule has 3 nitrogen and oxygen atoms in total. The van der Waals surface area contributed by atoms with Gasteiger partial charge in [0.1, 0.15) is 5.82 Å². The van der Waals surface area contributed by atoms with Gasteiger partial charge in [-0.1, -0.05) is 6.92 Å². The average Bonchev–Trinajstić information content (AvgIpc) is 2.44. The standard InChI is InChI=1S/C10H16BrN3/c1-4-8-9(11)10-12-6(2)5-7(3)14(10)13-8/h6-7,12H,4-5H2,1-3H3. The second-order valence-electron chi connectivity index (χ2n) is 4.04. The smallest absolute Gasteiger partial charge is 0.139 e. The number of aromatic nitrogens is 2. The second kappa shape index (κ2) is 3.57. The van der Waals surface area contributed by atoms with E-state index in [1.165, 1.54) is 0 Å². The molecule has 0 fully saturated rings. The van der Waals surface area contributed by atoms with Gasteiger partial charge in [0.05, 0.1) is 16.2 Å². The number of halogens is 1. The van der Waals surface area contributed by atoms with E-state index >= 15 is 0 Å². The van der Waals surface area contributed by atoms with Crippen LogP contribution < -0.4 is 5.32 Å². The minimum absolute atomic E-state index is 0.498. The topological polar surface area (TPSA) is 29.9 Å². The molecule has 1 aromatic heterocycles. The lowest BCUT2D eigenvalue weighted by atomic mass is 10.1. The molecule has 2 atom stereocenters. The van der Waals surface area contributed by atoms with Crippen molar-refractivity contribution in [2.75, 3.05) is 5.32 Å². The Morgan fingerprint density at radius 1 is 1.57 bits per heavy atom. The van der Waals surface area contributed by atoms with Crippen molar-refractivity contribution in [3.8, 4) is 0 Å². The zero-order valence-corrected chi connectivity index (χ0v) is 10.4. The Kier molecular flexibility index (Phi) is 2.56. The maximum Gasteiger partial charge on any atom is 0.139 e. The lowest BCUT2D eigenvalue weighted by Gasteiger charge is -2.28. The molecule has 0 aromatic carbocycles. The lowest BCUT2D eigenvalue weighted by Crippen LogP contribution is -2.28. The highest BCUT2D eigenvalue weighted by Crippen LogP contribution is 2.34. The summed E-state index contributed by atoms with van der Waals surface area (Å²) in [6.07, 6.45) is 2.12. The molecule has 0 saturated heterocycles. The van der Waals surface area contributed by atoms with Gasteiger partial charge in [-0.25, -0.2) is 4.68 Å². The number of rotatable bonds is 1. The number of hydrogen-bond acceptors (Lipinski definition) is 2. The number of nitrogens with zero attached hydrogens (tertiary/aromatic N) is 2. The van der Waals surface area contributed by atoms with Crippen LogP contribution in [0.4, 0.5) is 5.82 Å². The molecule has 0 bridgehead atoms. The van der Waals surface area contributed by atoms with Crippen molar-refractivity contribution < 1.29 is 0 Å². The maximum atomic E-state index is 4.59. The highest BCUT2D eigenvalue weighted by molar-refractivity contribution is 9.10. The number of anilines is 1. The van der Waals surface area contributed by atoms with Crippen molar-refractivity contribution in [1.29, 1.82) is 0 Å². The summed E-state index contributed by atoms with van der Waals surface area (Å²) in [7, 11) is 0. The van der Waals surface area contributed by atoms with Crippen LogP contribution in [0.2, 0.25) is 0 Å². The average molecular weight is 258 g/mol. The predicted octanol–water partition coefficient (Wildman–Crippen LogP) is 2.97. The molecule has 1 aliphatic rings. The van der Waals surface area contributed by atoms with Crippen molar-refractivity contribution in [2.45, 2.75) is 45.7 Å². The van der Waals surface area contributed by atoms with E-state index in [0.29, 0.717) is 12.1 Å². The molecule has 2 rings (SSSR count). The fourth-order valence-corrected chi connectivity index (χ4v) is 2.70. The summed E-state index contributed by atoms with van der Waals surface area (Å²) >= 11 is 3.61. The molecule has 1 N–H and O–H groups in total. The van der Waals surface area contributed by atoms with Crippen LogP contribution in [-0.2, 0) is 6.42 Å². The lowest BCUT2D eigenvalue weighted by molar-refractivity contribution is 0.411. The molecular weight excluding hydrogens is 242 g/mol. The van der Waals surface area contributed by atoms with Crippen LogP contribution in [0.25, 0.3) is 0 Å². The Bertz CT molecular complexity index is 345. The molecule has 0 saturated carbocycles. The van der Waals surface area contributed by atoms with Gasteiger partial charge in [-0.15, -0.1) is 0 Å². The number of nitrogens with one attached hydrogen (secondary N) is 1. The Balaban J connectivity index is 2.46. The predicted molar refractivity (Wildman–Crippen MR) is 61.7 cm³/mol. The van der Waals surface area contributed by atoms with Gasteiger partial charge in [0, 0.05) is 6.04 Å². The van der Waals surface area contributed by atoms with Crippen molar-refractivity contribution >= 4 is 21.7 Å². The van der Waals surface area contributed by atoms with Gasteiger partial charge in [-0.3, -0.25) is 0 Å². The molecule has 1 aromatic rings. The zero-order valence-electron chi connectivity index (χ0n) is 8.84. The SMILES string of the molecule is CCc1nn2c(c1Br)NC(C)CC2C. The summed E-state index contributed by atoms with van der Waals surface area (Å²) in [5.74, 6) is 1.15. The molecule has 1 aliphatic heterocycles. The highest BCUT2D eigenvalue weighted by Gasteiger charge is 2.25. The first-order valence-electron chi connectivity index (χ1n) is 5.16. The Hall–Kier alpha value is -0.510. The third kappa shape index (κ3) is 1.45. The molecule has 78 valence electrons. The van der Waals surface area contributed by atoms with Gasteiger partial charge >= 0.3 is 0 Å². The van der Waals surface area contributed by atoms with E-state index in [1.807, 2.05) is 0 Å². The van der Waals surface area contributed by atoms with Crippen LogP contribution in [0, 0.1) is 0 Å². The van der Waals surface area contributed by atoms with Gasteiger partial charge in [-0.05, 0) is 42.6 Å². The van der Waals surface area contributed by atoms with Crippen LogP contribution in [-0.4, -0.2) is 15.8 Å². The molecule has 2 heterocycles. The monoisotopic (exact) mass is 257 g/mol. The first kappa shape index (κ1) is 10.0. The normalized spacial score (nSPS) is 25.7. The van der Waals surface area contributed by atoms with Crippen LogP contribution in [0.1, 0.15) is 38.9 Å². The Morgan fingerprint density at radius 2 is 2.29 bits per heavy atom. The molecule has 2 unspecified atom stereocenters. The van der Waals surface area contributed by atoms with E-state index < -0.39 is 0 Å². The quantitative estimate of drug-likeness (QED) is 0.839. The third-order valence-corrected chi connectivity index (χ3v) is 3.58. The van der Waals surface area contributed by atoms with Crippen molar-refractivity contribution in [2.24, 2.45) is 0 Å². The van der Waals surface area contributed by atoms with Crippen molar-refractivity contribution in [3.63, 3.8) is 0 Å². The van der Waals surface area contributed by atoms with E-state index in [1.54, 1.807) is 0 Å². The fourth-order valence-electron chi connectivity index (χ4n) is 2.04. The third-order valence-electron chi connectivity index (χ3n) is 2.75. The molecular formula is C10H16BrN3. The fraction of sp³-hybridized carbons (Fsp3) is 0.700. The van der Waals surface area contributed by atoms with Crippen LogP contribution in [0.5, 0.6) is 0 Å². The van der Waals surface area contributed by atoms with Gasteiger partial charge in [0.15, 0.2) is 0 Å². The Labute approximate surface area is 93.0 Å². The van der Waals surface area contributed by atoms with Crippen LogP contribution in [0.15, 0.2) is 4.47 Å². The van der Waals surface area contributed by atoms with Crippen LogP contribution in [0.3, 0.4) is 0 Å². The molecule has 0 amide bonds. The summed E-state index contributed by atoms with van der Waals surface area (Å²) < 4.78 is 3.24. The number of aryl methyl sites for hydroxylation is 1. The van der Waals surface area contributed by atoms with E-state index in [4.69, 9.17) is 0 Å². The maximum absolute atomic E-state index is 4.59. The molecule has 0 radical (unpaired) electrons. The molecule has 4 heteroatoms. The minimum Gasteiger partial charge on any atom is -0.367 e. The summed E-state index contributed by atoms with van der Waals surface area (Å²) in [4.78, 5) is 0. The zero-order chi connectivity index (χ0) is 10.3. The summed E-state index contributed by atoms with van der Waals surface area (Å²) in [6, 6.07) is 1.04. The van der Waals surface area contributed by atoms with Crippen molar-refractivity contribution in [3.05, 3.63) is 10.2 Å².